The number of hydrogen-bond donors (Lipinski definition) is 0. The van der Waals surface area contributed by atoms with Gasteiger partial charge in [-0.25, -0.2) is 0 Å². The fourth-order valence-electron chi connectivity index (χ4n) is 5.40. The molecule has 8 unspecified atom stereocenters. The van der Waals surface area contributed by atoms with E-state index in [1.54, 1.807) is 0 Å². The van der Waals surface area contributed by atoms with Gasteiger partial charge in [-0.2, -0.15) is 0 Å². The molecule has 0 bridgehead atoms. The van der Waals surface area contributed by atoms with E-state index in [1.165, 1.54) is 38.5 Å². The Morgan fingerprint density at radius 3 is 1.83 bits per heavy atom. The lowest BCUT2D eigenvalue weighted by Gasteiger charge is -2.28. The third kappa shape index (κ3) is 6.66. The molecule has 8 atom stereocenters. The summed E-state index contributed by atoms with van der Waals surface area (Å²) < 4.78 is 22.0. The van der Waals surface area contributed by atoms with Crippen LogP contribution in [-0.2, 0) is 18.9 Å². The molecule has 4 nitrogen and oxygen atoms in total. The van der Waals surface area contributed by atoms with Crippen molar-refractivity contribution in [1.29, 1.82) is 0 Å². The average molecular weight is 421 g/mol. The van der Waals surface area contributed by atoms with Crippen molar-refractivity contribution in [2.75, 3.05) is 26.4 Å². The Kier molecular flexibility index (Phi) is 9.89. The molecule has 0 spiro atoms. The minimum atomic E-state index is 0.0678. The molecular formula is C26H44O4. The van der Waals surface area contributed by atoms with E-state index in [9.17, 15) is 0 Å². The van der Waals surface area contributed by atoms with Crippen molar-refractivity contribution in [2.24, 2.45) is 35.5 Å². The van der Waals surface area contributed by atoms with Crippen LogP contribution in [0.15, 0.2) is 25.3 Å². The van der Waals surface area contributed by atoms with Crippen LogP contribution in [0.25, 0.3) is 0 Å². The standard InChI is InChI=1S/C13H24O2.C13H20O2/c2*1-3-10-7-11(4-2)12(8-10)9-15-13-5-6-14-13/h10-13H,3-9H2,1-2H3;3-4,10-13H,1-2,5-9H2. The zero-order valence-corrected chi connectivity index (χ0v) is 19.3. The third-order valence-corrected chi connectivity index (χ3v) is 7.77. The second-order valence-corrected chi connectivity index (χ2v) is 9.65. The van der Waals surface area contributed by atoms with Crippen LogP contribution in [0, 0.1) is 35.5 Å². The van der Waals surface area contributed by atoms with Gasteiger partial charge < -0.3 is 18.9 Å². The first kappa shape index (κ1) is 24.0. The molecule has 2 saturated carbocycles. The molecule has 4 heteroatoms. The molecule has 30 heavy (non-hydrogen) atoms. The summed E-state index contributed by atoms with van der Waals surface area (Å²) in [4.78, 5) is 0. The fraction of sp³-hybridized carbons (Fsp3) is 0.846. The summed E-state index contributed by atoms with van der Waals surface area (Å²) in [6.07, 6.45) is 14.3. The van der Waals surface area contributed by atoms with Crippen LogP contribution in [-0.4, -0.2) is 39.0 Å². The number of hydrogen-bond acceptors (Lipinski definition) is 4. The van der Waals surface area contributed by atoms with Gasteiger partial charge >= 0.3 is 0 Å². The molecule has 0 radical (unpaired) electrons. The zero-order valence-electron chi connectivity index (χ0n) is 19.3. The minimum absolute atomic E-state index is 0.0678. The average Bonchev–Trinajstić information content (AvgIpc) is 3.29. The molecule has 172 valence electrons. The first-order valence-corrected chi connectivity index (χ1v) is 12.4. The van der Waals surface area contributed by atoms with E-state index in [2.05, 4.69) is 39.2 Å². The molecule has 4 rings (SSSR count). The highest BCUT2D eigenvalue weighted by molar-refractivity contribution is 4.98. The Bertz CT molecular complexity index is 513. The normalized spacial score (nSPS) is 40.1. The zero-order chi connectivity index (χ0) is 21.3. The minimum Gasteiger partial charge on any atom is -0.352 e. The maximum atomic E-state index is 5.76. The van der Waals surface area contributed by atoms with E-state index in [0.717, 1.165) is 57.0 Å². The van der Waals surface area contributed by atoms with Gasteiger partial charge in [-0.3, -0.25) is 0 Å². The first-order valence-electron chi connectivity index (χ1n) is 12.4. The van der Waals surface area contributed by atoms with Crippen LogP contribution in [0.1, 0.15) is 65.2 Å². The summed E-state index contributed by atoms with van der Waals surface area (Å²) in [5.41, 5.74) is 0. The Labute approximate surface area is 184 Å². The molecule has 0 amide bonds. The van der Waals surface area contributed by atoms with Gasteiger partial charge in [-0.15, -0.1) is 13.2 Å². The molecule has 2 aliphatic carbocycles. The summed E-state index contributed by atoms with van der Waals surface area (Å²) in [6, 6.07) is 0. The number of ether oxygens (including phenoxy) is 4. The van der Waals surface area contributed by atoms with Crippen molar-refractivity contribution >= 4 is 0 Å². The lowest BCUT2D eigenvalue weighted by molar-refractivity contribution is -0.221. The summed E-state index contributed by atoms with van der Waals surface area (Å²) >= 11 is 0. The molecule has 0 N–H and O–H groups in total. The van der Waals surface area contributed by atoms with Gasteiger partial charge in [0.05, 0.1) is 26.4 Å². The molecule has 2 saturated heterocycles. The second kappa shape index (κ2) is 12.4. The smallest absolute Gasteiger partial charge is 0.159 e. The van der Waals surface area contributed by atoms with E-state index in [-0.39, 0.29) is 12.6 Å². The van der Waals surface area contributed by atoms with E-state index in [1.807, 2.05) is 0 Å². The monoisotopic (exact) mass is 420 g/mol. The van der Waals surface area contributed by atoms with Crippen molar-refractivity contribution in [3.63, 3.8) is 0 Å². The summed E-state index contributed by atoms with van der Waals surface area (Å²) in [5.74, 6) is 4.48. The highest BCUT2D eigenvalue weighted by atomic mass is 16.7. The van der Waals surface area contributed by atoms with Gasteiger partial charge in [-0.1, -0.05) is 38.8 Å². The van der Waals surface area contributed by atoms with Crippen molar-refractivity contribution in [1.82, 2.24) is 0 Å². The highest BCUT2D eigenvalue weighted by Crippen LogP contribution is 2.40. The molecule has 4 aliphatic rings. The lowest BCUT2D eigenvalue weighted by atomic mass is 9.94. The summed E-state index contributed by atoms with van der Waals surface area (Å²) in [6.45, 7) is 15.9. The fourth-order valence-corrected chi connectivity index (χ4v) is 5.40. The second-order valence-electron chi connectivity index (χ2n) is 9.65. The van der Waals surface area contributed by atoms with Crippen LogP contribution < -0.4 is 0 Å². The van der Waals surface area contributed by atoms with Gasteiger partial charge in [0.25, 0.3) is 0 Å². The Hall–Kier alpha value is -0.680. The topological polar surface area (TPSA) is 36.9 Å². The Balaban J connectivity index is 0.000000171. The molecule has 0 aromatic heterocycles. The van der Waals surface area contributed by atoms with Crippen molar-refractivity contribution in [2.45, 2.75) is 77.8 Å². The van der Waals surface area contributed by atoms with E-state index >= 15 is 0 Å². The molecule has 2 aliphatic heterocycles. The van der Waals surface area contributed by atoms with Gasteiger partial charge in [0.2, 0.25) is 0 Å². The number of allylic oxidation sites excluding steroid dienone is 2. The van der Waals surface area contributed by atoms with Gasteiger partial charge in [0.1, 0.15) is 0 Å². The number of rotatable bonds is 10. The van der Waals surface area contributed by atoms with Crippen LogP contribution in [0.5, 0.6) is 0 Å². The maximum absolute atomic E-state index is 5.76. The largest absolute Gasteiger partial charge is 0.352 e. The van der Waals surface area contributed by atoms with Gasteiger partial charge in [0, 0.05) is 12.8 Å². The molecule has 2 heterocycles. The quantitative estimate of drug-likeness (QED) is 0.408. The predicted octanol–water partition coefficient (Wildman–Crippen LogP) is 5.98. The van der Waals surface area contributed by atoms with Crippen LogP contribution in [0.3, 0.4) is 0 Å². The van der Waals surface area contributed by atoms with Crippen molar-refractivity contribution in [3.8, 4) is 0 Å². The van der Waals surface area contributed by atoms with Crippen molar-refractivity contribution in [3.05, 3.63) is 25.3 Å². The SMILES string of the molecule is C=CC1CC(C=C)C(COC2CCO2)C1.CCC1CC(CC)C(COC2CCO2)C1. The first-order chi connectivity index (χ1) is 14.7. The van der Waals surface area contributed by atoms with Crippen LogP contribution in [0.2, 0.25) is 0 Å². The summed E-state index contributed by atoms with van der Waals surface area (Å²) in [5, 5.41) is 0. The molecular weight excluding hydrogens is 376 g/mol. The predicted molar refractivity (Wildman–Crippen MR) is 121 cm³/mol. The van der Waals surface area contributed by atoms with Crippen LogP contribution in [0.4, 0.5) is 0 Å². The lowest BCUT2D eigenvalue weighted by Crippen LogP contribution is -2.31. The van der Waals surface area contributed by atoms with E-state index in [0.29, 0.717) is 17.8 Å². The Morgan fingerprint density at radius 1 is 0.767 bits per heavy atom. The highest BCUT2D eigenvalue weighted by Gasteiger charge is 2.34. The van der Waals surface area contributed by atoms with Gasteiger partial charge in [-0.05, 0) is 61.2 Å². The summed E-state index contributed by atoms with van der Waals surface area (Å²) in [7, 11) is 0. The van der Waals surface area contributed by atoms with Crippen molar-refractivity contribution < 1.29 is 18.9 Å². The van der Waals surface area contributed by atoms with Crippen LogP contribution >= 0.6 is 0 Å². The Morgan fingerprint density at radius 2 is 1.37 bits per heavy atom. The van der Waals surface area contributed by atoms with E-state index in [4.69, 9.17) is 18.9 Å². The molecule has 0 aromatic rings. The van der Waals surface area contributed by atoms with E-state index < -0.39 is 0 Å². The molecule has 4 fully saturated rings. The molecule has 0 aromatic carbocycles. The van der Waals surface area contributed by atoms with Gasteiger partial charge in [0.15, 0.2) is 12.6 Å². The maximum Gasteiger partial charge on any atom is 0.159 e. The third-order valence-electron chi connectivity index (χ3n) is 7.77.